The largest absolute Gasteiger partial charge is 1.00 e. The molecule has 0 aromatic carbocycles. The van der Waals surface area contributed by atoms with Gasteiger partial charge in [0.15, 0.2) is 0 Å². The average molecular weight is 351 g/mol. The molecule has 128 valence electrons. The molecule has 0 fully saturated rings. The number of quaternary nitrogens is 1. The molecule has 0 bridgehead atoms. The van der Waals surface area contributed by atoms with Gasteiger partial charge >= 0.3 is 0 Å². The number of unbranched alkanes of at least 4 members (excludes halogenated alkanes) is 4. The number of hydrogen-bond acceptors (Lipinski definition) is 0. The minimum atomic E-state index is 0. The van der Waals surface area contributed by atoms with Crippen LogP contribution in [0.1, 0.15) is 79.1 Å². The monoisotopic (exact) mass is 349 g/mol. The first-order valence-electron chi connectivity index (χ1n) is 8.09. The predicted octanol–water partition coefficient (Wildman–Crippen LogP) is 2.85. The maximum absolute atomic E-state index is 2.33. The van der Waals surface area contributed by atoms with Crippen LogP contribution in [-0.2, 0) is 0 Å². The lowest BCUT2D eigenvalue weighted by Gasteiger charge is -2.39. The van der Waals surface area contributed by atoms with Crippen molar-refractivity contribution in [3.8, 4) is 0 Å². The second-order valence-electron chi connectivity index (χ2n) is 5.65. The van der Waals surface area contributed by atoms with Crippen LogP contribution in [0.3, 0.4) is 0 Å². The standard InChI is InChI=1S/C16H36N.3ClH/c1-5-9-13-17(14-10-6-2,15-11-7-3)16-12-8-4;;;/h5-16H2,1-4H3;3*1H/q+1;;;/p-1. The summed E-state index contributed by atoms with van der Waals surface area (Å²) in [6.45, 7) is 15.0. The molecule has 0 aromatic rings. The predicted molar refractivity (Wildman–Crippen MR) is 93.9 cm³/mol. The minimum absolute atomic E-state index is 0. The van der Waals surface area contributed by atoms with Crippen molar-refractivity contribution in [2.24, 2.45) is 0 Å². The van der Waals surface area contributed by atoms with E-state index in [0.717, 1.165) is 0 Å². The van der Waals surface area contributed by atoms with Gasteiger partial charge < -0.3 is 16.9 Å². The Bertz CT molecular complexity index is 128. The van der Waals surface area contributed by atoms with Gasteiger partial charge in [-0.25, -0.2) is 0 Å². The van der Waals surface area contributed by atoms with Crippen LogP contribution in [0.2, 0.25) is 0 Å². The summed E-state index contributed by atoms with van der Waals surface area (Å²) in [5.74, 6) is 0. The molecule has 0 radical (unpaired) electrons. The topological polar surface area (TPSA) is 0 Å². The average Bonchev–Trinajstić information content (AvgIpc) is 2.37. The highest BCUT2D eigenvalue weighted by atomic mass is 35.5. The van der Waals surface area contributed by atoms with Crippen LogP contribution < -0.4 is 12.4 Å². The van der Waals surface area contributed by atoms with Gasteiger partial charge in [-0.3, -0.25) is 0 Å². The van der Waals surface area contributed by atoms with E-state index in [2.05, 4.69) is 27.7 Å². The molecule has 0 aromatic heterocycles. The molecular formula is C16H38Cl3N. The Morgan fingerprint density at radius 1 is 0.500 bits per heavy atom. The molecule has 0 saturated heterocycles. The zero-order chi connectivity index (χ0) is 13.0. The Kier molecular flexibility index (Phi) is 28.7. The first-order chi connectivity index (χ1) is 8.24. The molecule has 0 heterocycles. The third kappa shape index (κ3) is 13.8. The Balaban J connectivity index is -0.000000427. The first kappa shape index (κ1) is 28.9. The highest BCUT2D eigenvalue weighted by Crippen LogP contribution is 2.16. The quantitative estimate of drug-likeness (QED) is 0.475. The molecule has 0 aliphatic heterocycles. The van der Waals surface area contributed by atoms with Crippen LogP contribution in [-0.4, -0.2) is 30.7 Å². The lowest BCUT2D eigenvalue weighted by molar-refractivity contribution is -0.929. The van der Waals surface area contributed by atoms with E-state index in [1.54, 1.807) is 0 Å². The van der Waals surface area contributed by atoms with Crippen molar-refractivity contribution in [1.82, 2.24) is 0 Å². The molecule has 0 N–H and O–H groups in total. The van der Waals surface area contributed by atoms with E-state index in [1.807, 2.05) is 0 Å². The maximum atomic E-state index is 2.33. The summed E-state index contributed by atoms with van der Waals surface area (Å²) in [4.78, 5) is 0. The van der Waals surface area contributed by atoms with Crippen molar-refractivity contribution >= 4 is 24.8 Å². The van der Waals surface area contributed by atoms with Crippen LogP contribution >= 0.6 is 24.8 Å². The third-order valence-corrected chi connectivity index (χ3v) is 3.94. The summed E-state index contributed by atoms with van der Waals surface area (Å²) in [5, 5.41) is 0. The van der Waals surface area contributed by atoms with Gasteiger partial charge in [-0.15, -0.1) is 24.8 Å². The van der Waals surface area contributed by atoms with Crippen LogP contribution in [0.5, 0.6) is 0 Å². The smallest absolute Gasteiger partial charge is 0.0786 e. The molecule has 0 aliphatic rings. The molecule has 0 saturated carbocycles. The SMILES string of the molecule is CCCC[N+](CCCC)(CCCC)CCCC.Cl.Cl.[Cl-]. The first-order valence-corrected chi connectivity index (χ1v) is 8.09. The van der Waals surface area contributed by atoms with Crippen molar-refractivity contribution in [1.29, 1.82) is 0 Å². The van der Waals surface area contributed by atoms with Gasteiger partial charge in [0.2, 0.25) is 0 Å². The van der Waals surface area contributed by atoms with Crippen molar-refractivity contribution in [3.63, 3.8) is 0 Å². The van der Waals surface area contributed by atoms with E-state index in [9.17, 15) is 0 Å². The van der Waals surface area contributed by atoms with Crippen LogP contribution in [0.15, 0.2) is 0 Å². The lowest BCUT2D eigenvalue weighted by Crippen LogP contribution is -3.00. The van der Waals surface area contributed by atoms with Crippen LogP contribution in [0.4, 0.5) is 0 Å². The zero-order valence-corrected chi connectivity index (χ0v) is 16.5. The maximum Gasteiger partial charge on any atom is 0.0786 e. The summed E-state index contributed by atoms with van der Waals surface area (Å²) >= 11 is 0. The zero-order valence-electron chi connectivity index (χ0n) is 14.1. The molecule has 0 amide bonds. The molecule has 0 aliphatic carbocycles. The molecule has 20 heavy (non-hydrogen) atoms. The van der Waals surface area contributed by atoms with Gasteiger partial charge in [0.25, 0.3) is 0 Å². The van der Waals surface area contributed by atoms with Gasteiger partial charge in [-0.05, 0) is 25.7 Å². The Hall–Kier alpha value is 0.830. The number of hydrogen-bond donors (Lipinski definition) is 0. The van der Waals surface area contributed by atoms with E-state index in [1.165, 1.54) is 82.0 Å². The van der Waals surface area contributed by atoms with Crippen LogP contribution in [0.25, 0.3) is 0 Å². The number of rotatable bonds is 12. The van der Waals surface area contributed by atoms with Crippen LogP contribution in [0, 0.1) is 0 Å². The van der Waals surface area contributed by atoms with E-state index in [-0.39, 0.29) is 37.2 Å². The molecule has 4 heteroatoms. The fourth-order valence-electron chi connectivity index (χ4n) is 2.64. The summed E-state index contributed by atoms with van der Waals surface area (Å²) in [6.07, 6.45) is 11.1. The van der Waals surface area contributed by atoms with E-state index >= 15 is 0 Å². The Labute approximate surface area is 147 Å². The highest BCUT2D eigenvalue weighted by Gasteiger charge is 2.24. The Morgan fingerprint density at radius 2 is 0.700 bits per heavy atom. The fourth-order valence-corrected chi connectivity index (χ4v) is 2.64. The second-order valence-corrected chi connectivity index (χ2v) is 5.65. The molecule has 0 rings (SSSR count). The Morgan fingerprint density at radius 3 is 0.850 bits per heavy atom. The van der Waals surface area contributed by atoms with Crippen molar-refractivity contribution in [2.45, 2.75) is 79.1 Å². The van der Waals surface area contributed by atoms with E-state index in [0.29, 0.717) is 0 Å². The van der Waals surface area contributed by atoms with Gasteiger partial charge in [0, 0.05) is 0 Å². The van der Waals surface area contributed by atoms with Gasteiger partial charge in [-0.2, -0.15) is 0 Å². The molecule has 0 unspecified atom stereocenters. The van der Waals surface area contributed by atoms with Crippen molar-refractivity contribution in [3.05, 3.63) is 0 Å². The molecule has 0 atom stereocenters. The lowest BCUT2D eigenvalue weighted by atomic mass is 10.1. The van der Waals surface area contributed by atoms with E-state index in [4.69, 9.17) is 0 Å². The number of halogens is 3. The third-order valence-electron chi connectivity index (χ3n) is 3.94. The summed E-state index contributed by atoms with van der Waals surface area (Å²) in [7, 11) is 0. The minimum Gasteiger partial charge on any atom is -1.00 e. The molecular weight excluding hydrogens is 313 g/mol. The highest BCUT2D eigenvalue weighted by molar-refractivity contribution is 5.85. The summed E-state index contributed by atoms with van der Waals surface area (Å²) in [6, 6.07) is 0. The normalized spacial score (nSPS) is 10.2. The van der Waals surface area contributed by atoms with Crippen molar-refractivity contribution < 1.29 is 16.9 Å². The molecule has 0 spiro atoms. The van der Waals surface area contributed by atoms with Crippen molar-refractivity contribution in [2.75, 3.05) is 26.2 Å². The summed E-state index contributed by atoms with van der Waals surface area (Å²) in [5.41, 5.74) is 0. The van der Waals surface area contributed by atoms with E-state index < -0.39 is 0 Å². The molecule has 1 nitrogen and oxygen atoms in total. The van der Waals surface area contributed by atoms with Gasteiger partial charge in [0.1, 0.15) is 0 Å². The van der Waals surface area contributed by atoms with Gasteiger partial charge in [0.05, 0.1) is 26.2 Å². The summed E-state index contributed by atoms with van der Waals surface area (Å²) < 4.78 is 1.42. The number of nitrogens with zero attached hydrogens (tertiary/aromatic N) is 1. The van der Waals surface area contributed by atoms with Gasteiger partial charge in [-0.1, -0.05) is 53.4 Å². The second kappa shape index (κ2) is 19.8. The fraction of sp³-hybridized carbons (Fsp3) is 1.00.